The average molecular weight is 371 g/mol. The fourth-order valence-corrected chi connectivity index (χ4v) is 2.69. The molecule has 0 atom stereocenters. The van der Waals surface area contributed by atoms with Crippen molar-refractivity contribution in [3.05, 3.63) is 33.3 Å². The molecule has 128 valence electrons. The molecule has 0 unspecified atom stereocenters. The summed E-state index contributed by atoms with van der Waals surface area (Å²) in [6, 6.07) is 4.06. The number of hydrogen-bond donors (Lipinski definition) is 1. The van der Waals surface area contributed by atoms with Gasteiger partial charge in [0, 0.05) is 17.6 Å². The number of carbonyl (C=O) groups is 1. The van der Waals surface area contributed by atoms with Crippen molar-refractivity contribution >= 4 is 40.6 Å². The minimum atomic E-state index is -0.599. The molecule has 0 saturated carbocycles. The second-order valence-electron chi connectivity index (χ2n) is 5.29. The maximum absolute atomic E-state index is 12.0. The Bertz CT molecular complexity index is 751. The Labute approximate surface area is 146 Å². The molecular formula is C13H15ClN6O3S. The third kappa shape index (κ3) is 4.90. The maximum Gasteiger partial charge on any atom is 0.294 e. The Hall–Kier alpha value is -2.20. The Balaban J connectivity index is 2.00. The van der Waals surface area contributed by atoms with Crippen LogP contribution < -0.4 is 5.32 Å². The summed E-state index contributed by atoms with van der Waals surface area (Å²) in [7, 11) is 0. The van der Waals surface area contributed by atoms with Crippen LogP contribution in [0.3, 0.4) is 0 Å². The summed E-state index contributed by atoms with van der Waals surface area (Å²) >= 11 is 6.90. The Morgan fingerprint density at radius 3 is 2.92 bits per heavy atom. The van der Waals surface area contributed by atoms with Crippen molar-refractivity contribution in [3.63, 3.8) is 0 Å². The molecule has 0 saturated heterocycles. The lowest BCUT2D eigenvalue weighted by atomic mass is 10.2. The highest BCUT2D eigenvalue weighted by molar-refractivity contribution is 7.99. The lowest BCUT2D eigenvalue weighted by Crippen LogP contribution is -2.16. The van der Waals surface area contributed by atoms with E-state index in [1.54, 1.807) is 4.68 Å². The number of benzene rings is 1. The molecule has 1 aromatic heterocycles. The highest BCUT2D eigenvalue weighted by Crippen LogP contribution is 2.28. The molecule has 0 fully saturated rings. The van der Waals surface area contributed by atoms with E-state index >= 15 is 0 Å². The van der Waals surface area contributed by atoms with Crippen LogP contribution in [0.4, 0.5) is 11.4 Å². The predicted octanol–water partition coefficient (Wildman–Crippen LogP) is 2.62. The van der Waals surface area contributed by atoms with Crippen molar-refractivity contribution in [2.75, 3.05) is 11.1 Å². The monoisotopic (exact) mass is 370 g/mol. The number of thioether (sulfide) groups is 1. The zero-order chi connectivity index (χ0) is 17.7. The predicted molar refractivity (Wildman–Crippen MR) is 90.1 cm³/mol. The van der Waals surface area contributed by atoms with E-state index in [9.17, 15) is 14.9 Å². The van der Waals surface area contributed by atoms with Gasteiger partial charge in [-0.25, -0.2) is 4.68 Å². The van der Waals surface area contributed by atoms with E-state index in [1.807, 2.05) is 13.8 Å². The van der Waals surface area contributed by atoms with Crippen molar-refractivity contribution < 1.29 is 9.72 Å². The summed E-state index contributed by atoms with van der Waals surface area (Å²) in [5.41, 5.74) is -0.165. The molecule has 0 radical (unpaired) electrons. The van der Waals surface area contributed by atoms with Crippen LogP contribution in [0.5, 0.6) is 0 Å². The number of amides is 1. The Morgan fingerprint density at radius 1 is 1.50 bits per heavy atom. The molecule has 1 aromatic carbocycles. The zero-order valence-electron chi connectivity index (χ0n) is 13.0. The molecule has 9 nitrogen and oxygen atoms in total. The van der Waals surface area contributed by atoms with Crippen LogP contribution in [0.15, 0.2) is 23.4 Å². The van der Waals surface area contributed by atoms with Crippen molar-refractivity contribution in [2.24, 2.45) is 5.92 Å². The van der Waals surface area contributed by atoms with Gasteiger partial charge in [0.15, 0.2) is 0 Å². The zero-order valence-corrected chi connectivity index (χ0v) is 14.5. The highest BCUT2D eigenvalue weighted by atomic mass is 35.5. The SMILES string of the molecule is CC(C)Cn1nnnc1SCC(=O)Nc1ccc(Cl)cc1[N+](=O)[O-]. The van der Waals surface area contributed by atoms with E-state index in [1.165, 1.54) is 18.2 Å². The molecule has 0 aliphatic rings. The van der Waals surface area contributed by atoms with Gasteiger partial charge in [0.05, 0.1) is 10.7 Å². The van der Waals surface area contributed by atoms with Gasteiger partial charge in [-0.1, -0.05) is 37.2 Å². The summed E-state index contributed by atoms with van der Waals surface area (Å²) in [4.78, 5) is 22.4. The highest BCUT2D eigenvalue weighted by Gasteiger charge is 2.17. The van der Waals surface area contributed by atoms with Crippen molar-refractivity contribution in [1.29, 1.82) is 0 Å². The van der Waals surface area contributed by atoms with Gasteiger partial charge in [-0.2, -0.15) is 0 Å². The summed E-state index contributed by atoms with van der Waals surface area (Å²) in [6.45, 7) is 4.70. The quantitative estimate of drug-likeness (QED) is 0.452. The van der Waals surface area contributed by atoms with Crippen molar-refractivity contribution in [2.45, 2.75) is 25.5 Å². The van der Waals surface area contributed by atoms with Gasteiger partial charge in [-0.05, 0) is 28.5 Å². The van der Waals surface area contributed by atoms with E-state index in [0.29, 0.717) is 17.6 Å². The minimum absolute atomic E-state index is 0.0260. The van der Waals surface area contributed by atoms with Crippen molar-refractivity contribution in [1.82, 2.24) is 20.2 Å². The standard InChI is InChI=1S/C13H15ClN6O3S/c1-8(2)6-19-13(16-17-18-19)24-7-12(21)15-10-4-3-9(14)5-11(10)20(22)23/h3-5,8H,6-7H2,1-2H3,(H,15,21). The molecule has 1 N–H and O–H groups in total. The van der Waals surface area contributed by atoms with E-state index in [-0.39, 0.29) is 22.2 Å². The molecule has 1 amide bonds. The van der Waals surface area contributed by atoms with Gasteiger partial charge in [0.1, 0.15) is 5.69 Å². The first-order valence-electron chi connectivity index (χ1n) is 6.99. The third-order valence-corrected chi connectivity index (χ3v) is 3.99. The lowest BCUT2D eigenvalue weighted by Gasteiger charge is -2.07. The normalized spacial score (nSPS) is 10.8. The number of halogens is 1. The molecular weight excluding hydrogens is 356 g/mol. The summed E-state index contributed by atoms with van der Waals surface area (Å²) in [5, 5.41) is 25.6. The van der Waals surface area contributed by atoms with E-state index < -0.39 is 10.8 Å². The van der Waals surface area contributed by atoms with Gasteiger partial charge in [-0.3, -0.25) is 14.9 Å². The average Bonchev–Trinajstić information content (AvgIpc) is 2.93. The van der Waals surface area contributed by atoms with Gasteiger partial charge in [0.25, 0.3) is 5.69 Å². The number of tetrazole rings is 1. The minimum Gasteiger partial charge on any atom is -0.320 e. The van der Waals surface area contributed by atoms with Crippen LogP contribution in [0.1, 0.15) is 13.8 Å². The van der Waals surface area contributed by atoms with Crippen LogP contribution in [0.25, 0.3) is 0 Å². The van der Waals surface area contributed by atoms with E-state index in [0.717, 1.165) is 11.8 Å². The number of rotatable bonds is 7. The molecule has 0 bridgehead atoms. The molecule has 0 aliphatic carbocycles. The van der Waals surface area contributed by atoms with E-state index in [2.05, 4.69) is 20.8 Å². The second-order valence-corrected chi connectivity index (χ2v) is 6.67. The number of nitro benzene ring substituents is 1. The van der Waals surface area contributed by atoms with Crippen LogP contribution in [-0.4, -0.2) is 36.8 Å². The number of nitrogens with zero attached hydrogens (tertiary/aromatic N) is 5. The second kappa shape index (κ2) is 8.06. The van der Waals surface area contributed by atoms with Crippen molar-refractivity contribution in [3.8, 4) is 0 Å². The molecule has 24 heavy (non-hydrogen) atoms. The first kappa shape index (κ1) is 18.1. The topological polar surface area (TPSA) is 116 Å². The number of carbonyl (C=O) groups excluding carboxylic acids is 1. The molecule has 0 aliphatic heterocycles. The fraction of sp³-hybridized carbons (Fsp3) is 0.385. The number of anilines is 1. The largest absolute Gasteiger partial charge is 0.320 e. The van der Waals surface area contributed by atoms with Gasteiger partial charge in [0.2, 0.25) is 11.1 Å². The van der Waals surface area contributed by atoms with Gasteiger partial charge < -0.3 is 5.32 Å². The summed E-state index contributed by atoms with van der Waals surface area (Å²) < 4.78 is 1.62. The Kier molecular flexibility index (Phi) is 6.10. The molecule has 1 heterocycles. The van der Waals surface area contributed by atoms with Crippen LogP contribution in [0.2, 0.25) is 5.02 Å². The summed E-state index contributed by atoms with van der Waals surface area (Å²) in [6.07, 6.45) is 0. The number of aromatic nitrogens is 4. The van der Waals surface area contributed by atoms with Gasteiger partial charge >= 0.3 is 0 Å². The molecule has 11 heteroatoms. The third-order valence-electron chi connectivity index (χ3n) is 2.80. The maximum atomic E-state index is 12.0. The van der Waals surface area contributed by atoms with Gasteiger partial charge in [-0.15, -0.1) is 5.10 Å². The lowest BCUT2D eigenvalue weighted by molar-refractivity contribution is -0.383. The van der Waals surface area contributed by atoms with Crippen LogP contribution >= 0.6 is 23.4 Å². The summed E-state index contributed by atoms with van der Waals surface area (Å²) in [5.74, 6) is -0.0129. The fourth-order valence-electron chi connectivity index (χ4n) is 1.84. The Morgan fingerprint density at radius 2 is 2.25 bits per heavy atom. The first-order valence-corrected chi connectivity index (χ1v) is 8.36. The molecule has 2 aromatic rings. The number of nitro groups is 1. The first-order chi connectivity index (χ1) is 11.4. The van der Waals surface area contributed by atoms with Crippen LogP contribution in [-0.2, 0) is 11.3 Å². The van der Waals surface area contributed by atoms with Crippen LogP contribution in [0, 0.1) is 16.0 Å². The number of hydrogen-bond acceptors (Lipinski definition) is 7. The number of nitrogens with one attached hydrogen (secondary N) is 1. The smallest absolute Gasteiger partial charge is 0.294 e. The van der Waals surface area contributed by atoms with E-state index in [4.69, 9.17) is 11.6 Å². The molecule has 2 rings (SSSR count). The molecule has 0 spiro atoms.